The summed E-state index contributed by atoms with van der Waals surface area (Å²) in [5.74, 6) is 0. The SMILES string of the molecule is CC1CN(S(=O)(=O)NCc2ccc(CN)cc2)CC(C)O1. The van der Waals surface area contributed by atoms with Crippen LogP contribution in [-0.2, 0) is 28.0 Å². The van der Waals surface area contributed by atoms with Crippen molar-refractivity contribution in [3.63, 3.8) is 0 Å². The van der Waals surface area contributed by atoms with Crippen LogP contribution in [0.5, 0.6) is 0 Å². The number of hydrogen-bond donors (Lipinski definition) is 2. The lowest BCUT2D eigenvalue weighted by Gasteiger charge is -2.34. The van der Waals surface area contributed by atoms with Crippen LogP contribution in [0.2, 0.25) is 0 Å². The number of nitrogens with two attached hydrogens (primary N) is 1. The van der Waals surface area contributed by atoms with Crippen LogP contribution in [0, 0.1) is 0 Å². The number of hydrogen-bond acceptors (Lipinski definition) is 4. The van der Waals surface area contributed by atoms with Crippen LogP contribution in [-0.4, -0.2) is 38.0 Å². The Morgan fingerprint density at radius 2 is 1.71 bits per heavy atom. The number of benzene rings is 1. The Hall–Kier alpha value is -0.990. The topological polar surface area (TPSA) is 84.7 Å². The van der Waals surface area contributed by atoms with E-state index in [0.717, 1.165) is 11.1 Å². The quantitative estimate of drug-likeness (QED) is 0.833. The molecule has 1 fully saturated rings. The lowest BCUT2D eigenvalue weighted by Crippen LogP contribution is -2.51. The van der Waals surface area contributed by atoms with Gasteiger partial charge in [0.25, 0.3) is 10.2 Å². The van der Waals surface area contributed by atoms with Gasteiger partial charge in [0.05, 0.1) is 12.2 Å². The second-order valence-corrected chi connectivity index (χ2v) is 7.18. The molecule has 1 aromatic rings. The van der Waals surface area contributed by atoms with E-state index in [-0.39, 0.29) is 18.8 Å². The Morgan fingerprint density at radius 1 is 1.19 bits per heavy atom. The van der Waals surface area contributed by atoms with Gasteiger partial charge in [-0.05, 0) is 25.0 Å². The second kappa shape index (κ2) is 6.85. The molecule has 118 valence electrons. The number of nitrogens with one attached hydrogen (secondary N) is 1. The average molecular weight is 313 g/mol. The highest BCUT2D eigenvalue weighted by atomic mass is 32.2. The van der Waals surface area contributed by atoms with Crippen LogP contribution in [0.25, 0.3) is 0 Å². The van der Waals surface area contributed by atoms with E-state index in [9.17, 15) is 8.42 Å². The summed E-state index contributed by atoms with van der Waals surface area (Å²) in [6, 6.07) is 7.58. The molecule has 1 aliphatic rings. The molecule has 6 nitrogen and oxygen atoms in total. The van der Waals surface area contributed by atoms with Crippen molar-refractivity contribution in [2.75, 3.05) is 13.1 Å². The van der Waals surface area contributed by atoms with Gasteiger partial charge in [0.2, 0.25) is 0 Å². The summed E-state index contributed by atoms with van der Waals surface area (Å²) < 4.78 is 34.3. The molecular weight excluding hydrogens is 290 g/mol. The molecule has 1 aliphatic heterocycles. The first kappa shape index (κ1) is 16.4. The van der Waals surface area contributed by atoms with Gasteiger partial charge in [0, 0.05) is 26.2 Å². The van der Waals surface area contributed by atoms with Gasteiger partial charge in [-0.25, -0.2) is 0 Å². The van der Waals surface area contributed by atoms with Crippen molar-refractivity contribution in [2.45, 2.75) is 39.1 Å². The molecule has 2 rings (SSSR count). The van der Waals surface area contributed by atoms with E-state index in [1.807, 2.05) is 38.1 Å². The van der Waals surface area contributed by atoms with Gasteiger partial charge in [-0.1, -0.05) is 24.3 Å². The first-order valence-corrected chi connectivity index (χ1v) is 8.53. The van der Waals surface area contributed by atoms with Crippen molar-refractivity contribution in [1.29, 1.82) is 0 Å². The van der Waals surface area contributed by atoms with Crippen LogP contribution in [0.3, 0.4) is 0 Å². The molecule has 3 N–H and O–H groups in total. The first-order valence-electron chi connectivity index (χ1n) is 7.09. The number of ether oxygens (including phenoxy) is 1. The monoisotopic (exact) mass is 313 g/mol. The van der Waals surface area contributed by atoms with Crippen molar-refractivity contribution in [1.82, 2.24) is 9.03 Å². The molecule has 0 spiro atoms. The minimum absolute atomic E-state index is 0.0887. The highest BCUT2D eigenvalue weighted by molar-refractivity contribution is 7.87. The van der Waals surface area contributed by atoms with Crippen molar-refractivity contribution < 1.29 is 13.2 Å². The highest BCUT2D eigenvalue weighted by Crippen LogP contribution is 2.14. The predicted molar refractivity (Wildman–Crippen MR) is 81.7 cm³/mol. The lowest BCUT2D eigenvalue weighted by molar-refractivity contribution is -0.0444. The summed E-state index contributed by atoms with van der Waals surface area (Å²) >= 11 is 0. The molecule has 2 unspecified atom stereocenters. The molecule has 21 heavy (non-hydrogen) atoms. The zero-order chi connectivity index (χ0) is 15.5. The minimum Gasteiger partial charge on any atom is -0.373 e. The Labute approximate surface area is 126 Å². The molecule has 0 aromatic heterocycles. The molecule has 0 aliphatic carbocycles. The zero-order valence-corrected chi connectivity index (χ0v) is 13.3. The summed E-state index contributed by atoms with van der Waals surface area (Å²) in [5, 5.41) is 0. The summed E-state index contributed by atoms with van der Waals surface area (Å²) in [6.45, 7) is 5.27. The van der Waals surface area contributed by atoms with Gasteiger partial charge < -0.3 is 10.5 Å². The molecule has 0 radical (unpaired) electrons. The second-order valence-electron chi connectivity index (χ2n) is 5.42. The molecule has 7 heteroatoms. The molecule has 0 bridgehead atoms. The Balaban J connectivity index is 1.97. The lowest BCUT2D eigenvalue weighted by atomic mass is 10.1. The molecule has 1 heterocycles. The van der Waals surface area contributed by atoms with Crippen LogP contribution >= 0.6 is 0 Å². The number of nitrogens with zero attached hydrogens (tertiary/aromatic N) is 1. The van der Waals surface area contributed by atoms with Gasteiger partial charge in [0.15, 0.2) is 0 Å². The van der Waals surface area contributed by atoms with Crippen LogP contribution in [0.1, 0.15) is 25.0 Å². The van der Waals surface area contributed by atoms with E-state index >= 15 is 0 Å². The molecule has 0 amide bonds. The maximum absolute atomic E-state index is 12.3. The Morgan fingerprint density at radius 3 is 2.24 bits per heavy atom. The standard InChI is InChI=1S/C14H23N3O3S/c1-11-9-17(10-12(2)20-11)21(18,19)16-8-14-5-3-13(7-15)4-6-14/h3-6,11-12,16H,7-10,15H2,1-2H3. The van der Waals surface area contributed by atoms with Crippen molar-refractivity contribution in [3.8, 4) is 0 Å². The minimum atomic E-state index is -3.48. The molecular formula is C14H23N3O3S. The third kappa shape index (κ3) is 4.49. The summed E-state index contributed by atoms with van der Waals surface area (Å²) in [5.41, 5.74) is 7.47. The molecule has 2 atom stereocenters. The average Bonchev–Trinajstić information content (AvgIpc) is 2.45. The van der Waals surface area contributed by atoms with E-state index in [1.54, 1.807) is 0 Å². The molecule has 1 saturated heterocycles. The van der Waals surface area contributed by atoms with E-state index in [2.05, 4.69) is 4.72 Å². The number of rotatable bonds is 5. The van der Waals surface area contributed by atoms with Gasteiger partial charge >= 0.3 is 0 Å². The molecule has 0 saturated carbocycles. The number of morpholine rings is 1. The maximum Gasteiger partial charge on any atom is 0.279 e. The van der Waals surface area contributed by atoms with Crippen molar-refractivity contribution in [2.24, 2.45) is 5.73 Å². The van der Waals surface area contributed by atoms with Crippen LogP contribution in [0.15, 0.2) is 24.3 Å². The largest absolute Gasteiger partial charge is 0.373 e. The Kier molecular flexibility index (Phi) is 5.34. The fourth-order valence-corrected chi connectivity index (χ4v) is 3.73. The Bertz CT molecular complexity index is 549. The van der Waals surface area contributed by atoms with E-state index in [0.29, 0.717) is 19.6 Å². The normalized spacial score (nSPS) is 24.1. The van der Waals surface area contributed by atoms with Gasteiger partial charge in [-0.15, -0.1) is 0 Å². The summed E-state index contributed by atoms with van der Waals surface area (Å²) in [7, 11) is -3.48. The molecule has 1 aromatic carbocycles. The van der Waals surface area contributed by atoms with Gasteiger partial charge in [0.1, 0.15) is 0 Å². The highest BCUT2D eigenvalue weighted by Gasteiger charge is 2.30. The maximum atomic E-state index is 12.3. The third-order valence-electron chi connectivity index (χ3n) is 3.44. The fourth-order valence-electron chi connectivity index (χ4n) is 2.39. The summed E-state index contributed by atoms with van der Waals surface area (Å²) in [6.07, 6.45) is -0.177. The third-order valence-corrected chi connectivity index (χ3v) is 4.93. The van der Waals surface area contributed by atoms with Crippen molar-refractivity contribution >= 4 is 10.2 Å². The summed E-state index contributed by atoms with van der Waals surface area (Å²) in [4.78, 5) is 0. The van der Waals surface area contributed by atoms with E-state index in [4.69, 9.17) is 10.5 Å². The van der Waals surface area contributed by atoms with Gasteiger partial charge in [-0.3, -0.25) is 0 Å². The predicted octanol–water partition coefficient (Wildman–Crippen LogP) is 0.589. The fraction of sp³-hybridized carbons (Fsp3) is 0.571. The van der Waals surface area contributed by atoms with E-state index in [1.165, 1.54) is 4.31 Å². The first-order chi connectivity index (χ1) is 9.90. The van der Waals surface area contributed by atoms with E-state index < -0.39 is 10.2 Å². The zero-order valence-electron chi connectivity index (χ0n) is 12.5. The van der Waals surface area contributed by atoms with Gasteiger partial charge in [-0.2, -0.15) is 17.4 Å². The van der Waals surface area contributed by atoms with Crippen molar-refractivity contribution in [3.05, 3.63) is 35.4 Å². The smallest absolute Gasteiger partial charge is 0.279 e. The van der Waals surface area contributed by atoms with Crippen LogP contribution in [0.4, 0.5) is 0 Å². The van der Waals surface area contributed by atoms with Crippen LogP contribution < -0.4 is 10.5 Å².